The molecule has 0 unspecified atom stereocenters. The Morgan fingerprint density at radius 2 is 1.50 bits per heavy atom. The van der Waals surface area contributed by atoms with Crippen molar-refractivity contribution in [3.8, 4) is 0 Å². The highest BCUT2D eigenvalue weighted by Gasteiger charge is 2.15. The summed E-state index contributed by atoms with van der Waals surface area (Å²) in [6.07, 6.45) is 1.65. The number of anilines is 1. The third kappa shape index (κ3) is 5.18. The van der Waals surface area contributed by atoms with Gasteiger partial charge in [-0.05, 0) is 54.5 Å². The zero-order valence-electron chi connectivity index (χ0n) is 15.3. The first kappa shape index (κ1) is 19.6. The van der Waals surface area contributed by atoms with Crippen LogP contribution in [0.25, 0.3) is 6.08 Å². The van der Waals surface area contributed by atoms with Crippen LogP contribution in [0.2, 0.25) is 0 Å². The fourth-order valence-electron chi connectivity index (χ4n) is 2.57. The molecule has 0 fully saturated rings. The quantitative estimate of drug-likeness (QED) is 0.544. The van der Waals surface area contributed by atoms with Gasteiger partial charge >= 0.3 is 0 Å². The number of hydrogen-bond acceptors (Lipinski definition) is 2. The highest BCUT2D eigenvalue weighted by Crippen LogP contribution is 2.16. The van der Waals surface area contributed by atoms with Gasteiger partial charge in [0.15, 0.2) is 0 Å². The maximum absolute atomic E-state index is 12.9. The van der Waals surface area contributed by atoms with E-state index in [-0.39, 0.29) is 17.5 Å². The van der Waals surface area contributed by atoms with Crippen molar-refractivity contribution in [2.45, 2.75) is 6.92 Å². The van der Waals surface area contributed by atoms with E-state index >= 15 is 0 Å². The van der Waals surface area contributed by atoms with Gasteiger partial charge in [0, 0.05) is 15.7 Å². The number of aryl methyl sites for hydroxylation is 1. The average molecular weight is 435 g/mol. The van der Waals surface area contributed by atoms with Crippen LogP contribution in [0.4, 0.5) is 5.69 Å². The van der Waals surface area contributed by atoms with Crippen molar-refractivity contribution in [1.29, 1.82) is 0 Å². The van der Waals surface area contributed by atoms with Crippen molar-refractivity contribution >= 4 is 39.5 Å². The standard InChI is InChI=1S/C23H19BrN2O2/c1-16-7-5-6-10-20(16)25-23(28)21(15-17-11-13-19(24)14-12-17)26-22(27)18-8-3-2-4-9-18/h2-15H,1H3,(H,25,28)(H,26,27). The molecular formula is C23H19BrN2O2. The Morgan fingerprint density at radius 3 is 2.18 bits per heavy atom. The molecule has 0 saturated heterocycles. The van der Waals surface area contributed by atoms with Crippen molar-refractivity contribution in [2.24, 2.45) is 0 Å². The smallest absolute Gasteiger partial charge is 0.272 e. The van der Waals surface area contributed by atoms with E-state index in [4.69, 9.17) is 0 Å². The Kier molecular flexibility index (Phi) is 6.40. The van der Waals surface area contributed by atoms with Crippen molar-refractivity contribution in [1.82, 2.24) is 5.32 Å². The van der Waals surface area contributed by atoms with Crippen molar-refractivity contribution in [2.75, 3.05) is 5.32 Å². The zero-order valence-corrected chi connectivity index (χ0v) is 16.9. The number of carbonyl (C=O) groups excluding carboxylic acids is 2. The second kappa shape index (κ2) is 9.15. The molecule has 2 N–H and O–H groups in total. The van der Waals surface area contributed by atoms with Gasteiger partial charge in [-0.2, -0.15) is 0 Å². The maximum atomic E-state index is 12.9. The van der Waals surface area contributed by atoms with Crippen molar-refractivity contribution < 1.29 is 9.59 Å². The summed E-state index contributed by atoms with van der Waals surface area (Å²) in [4.78, 5) is 25.5. The van der Waals surface area contributed by atoms with Crippen LogP contribution in [0.15, 0.2) is 89.0 Å². The molecule has 0 spiro atoms. The molecule has 0 saturated carbocycles. The molecule has 28 heavy (non-hydrogen) atoms. The Balaban J connectivity index is 1.89. The van der Waals surface area contributed by atoms with E-state index in [2.05, 4.69) is 26.6 Å². The predicted octanol–water partition coefficient (Wildman–Crippen LogP) is 5.17. The minimum atomic E-state index is -0.388. The van der Waals surface area contributed by atoms with Crippen molar-refractivity contribution in [3.05, 3.63) is 106 Å². The first-order valence-electron chi connectivity index (χ1n) is 8.73. The molecule has 3 rings (SSSR count). The number of amides is 2. The lowest BCUT2D eigenvalue weighted by atomic mass is 10.1. The summed E-state index contributed by atoms with van der Waals surface area (Å²) >= 11 is 3.39. The van der Waals surface area contributed by atoms with Crippen LogP contribution < -0.4 is 10.6 Å². The number of benzene rings is 3. The molecule has 0 aliphatic rings. The minimum absolute atomic E-state index is 0.166. The topological polar surface area (TPSA) is 58.2 Å². The summed E-state index contributed by atoms with van der Waals surface area (Å²) in [6, 6.07) is 23.8. The Labute approximate surface area is 172 Å². The molecule has 0 aromatic heterocycles. The number of para-hydroxylation sites is 1. The average Bonchev–Trinajstić information content (AvgIpc) is 2.71. The lowest BCUT2D eigenvalue weighted by molar-refractivity contribution is -0.113. The lowest BCUT2D eigenvalue weighted by Crippen LogP contribution is -2.30. The third-order valence-electron chi connectivity index (χ3n) is 4.10. The van der Waals surface area contributed by atoms with E-state index in [0.717, 1.165) is 15.6 Å². The molecule has 0 atom stereocenters. The van der Waals surface area contributed by atoms with E-state index in [0.29, 0.717) is 11.3 Å². The molecule has 5 heteroatoms. The van der Waals surface area contributed by atoms with Crippen LogP contribution in [0.1, 0.15) is 21.5 Å². The third-order valence-corrected chi connectivity index (χ3v) is 4.63. The molecule has 0 heterocycles. The Morgan fingerprint density at radius 1 is 0.857 bits per heavy atom. The first-order valence-corrected chi connectivity index (χ1v) is 9.53. The molecule has 3 aromatic carbocycles. The number of hydrogen-bond donors (Lipinski definition) is 2. The zero-order chi connectivity index (χ0) is 19.9. The van der Waals surface area contributed by atoms with Crippen LogP contribution in [-0.4, -0.2) is 11.8 Å². The van der Waals surface area contributed by atoms with Gasteiger partial charge < -0.3 is 10.6 Å². The van der Waals surface area contributed by atoms with Crippen molar-refractivity contribution in [3.63, 3.8) is 0 Å². The van der Waals surface area contributed by atoms with Crippen LogP contribution in [0, 0.1) is 6.92 Å². The second-order valence-electron chi connectivity index (χ2n) is 6.20. The molecule has 0 radical (unpaired) electrons. The highest BCUT2D eigenvalue weighted by atomic mass is 79.9. The number of nitrogens with one attached hydrogen (secondary N) is 2. The molecule has 4 nitrogen and oxygen atoms in total. The SMILES string of the molecule is Cc1ccccc1NC(=O)C(=Cc1ccc(Br)cc1)NC(=O)c1ccccc1. The Hall–Kier alpha value is -3.18. The fraction of sp³-hybridized carbons (Fsp3) is 0.0435. The molecular weight excluding hydrogens is 416 g/mol. The number of rotatable bonds is 5. The number of carbonyl (C=O) groups is 2. The maximum Gasteiger partial charge on any atom is 0.272 e. The van der Waals surface area contributed by atoms with E-state index in [1.807, 2.05) is 61.5 Å². The van der Waals surface area contributed by atoms with E-state index in [1.165, 1.54) is 0 Å². The molecule has 140 valence electrons. The highest BCUT2D eigenvalue weighted by molar-refractivity contribution is 9.10. The van der Waals surface area contributed by atoms with Gasteiger partial charge in [-0.1, -0.05) is 64.5 Å². The van der Waals surface area contributed by atoms with E-state index < -0.39 is 0 Å². The van der Waals surface area contributed by atoms with Gasteiger partial charge in [-0.25, -0.2) is 0 Å². The lowest BCUT2D eigenvalue weighted by Gasteiger charge is -2.13. The predicted molar refractivity (Wildman–Crippen MR) is 116 cm³/mol. The Bertz CT molecular complexity index is 1010. The molecule has 0 aliphatic heterocycles. The largest absolute Gasteiger partial charge is 0.320 e. The minimum Gasteiger partial charge on any atom is -0.320 e. The van der Waals surface area contributed by atoms with Gasteiger partial charge in [0.05, 0.1) is 0 Å². The molecule has 2 amide bonds. The summed E-state index contributed by atoms with van der Waals surface area (Å²) in [6.45, 7) is 1.91. The fourth-order valence-corrected chi connectivity index (χ4v) is 2.84. The summed E-state index contributed by atoms with van der Waals surface area (Å²) in [7, 11) is 0. The second-order valence-corrected chi connectivity index (χ2v) is 7.11. The summed E-state index contributed by atoms with van der Waals surface area (Å²) in [5.74, 6) is -0.731. The van der Waals surface area contributed by atoms with Gasteiger partial charge in [0.2, 0.25) is 0 Å². The van der Waals surface area contributed by atoms with Crippen LogP contribution in [0.5, 0.6) is 0 Å². The summed E-state index contributed by atoms with van der Waals surface area (Å²) < 4.78 is 0.934. The molecule has 0 aliphatic carbocycles. The van der Waals surface area contributed by atoms with Gasteiger partial charge in [0.25, 0.3) is 11.8 Å². The van der Waals surface area contributed by atoms with Gasteiger partial charge in [0.1, 0.15) is 5.70 Å². The normalized spacial score (nSPS) is 11.0. The first-order chi connectivity index (χ1) is 13.5. The molecule has 0 bridgehead atoms. The van der Waals surface area contributed by atoms with Crippen LogP contribution >= 0.6 is 15.9 Å². The van der Waals surface area contributed by atoms with E-state index in [1.54, 1.807) is 30.3 Å². The van der Waals surface area contributed by atoms with E-state index in [9.17, 15) is 9.59 Å². The van der Waals surface area contributed by atoms with Crippen LogP contribution in [-0.2, 0) is 4.79 Å². The monoisotopic (exact) mass is 434 g/mol. The summed E-state index contributed by atoms with van der Waals surface area (Å²) in [5, 5.41) is 5.60. The van der Waals surface area contributed by atoms with Crippen LogP contribution in [0.3, 0.4) is 0 Å². The van der Waals surface area contributed by atoms with Gasteiger partial charge in [-0.3, -0.25) is 9.59 Å². The number of halogens is 1. The summed E-state index contributed by atoms with van der Waals surface area (Å²) in [5.41, 5.74) is 3.08. The van der Waals surface area contributed by atoms with Gasteiger partial charge in [-0.15, -0.1) is 0 Å². The molecule has 3 aromatic rings.